The second-order valence-electron chi connectivity index (χ2n) is 6.12. The van der Waals surface area contributed by atoms with Gasteiger partial charge in [0.15, 0.2) is 0 Å². The van der Waals surface area contributed by atoms with E-state index < -0.39 is 0 Å². The van der Waals surface area contributed by atoms with Crippen LogP contribution in [0.3, 0.4) is 0 Å². The van der Waals surface area contributed by atoms with Crippen molar-refractivity contribution in [2.75, 3.05) is 13.1 Å². The Balaban J connectivity index is 1.61. The molecule has 0 radical (unpaired) electrons. The summed E-state index contributed by atoms with van der Waals surface area (Å²) in [4.78, 5) is 22.1. The van der Waals surface area contributed by atoms with Crippen LogP contribution in [0, 0.1) is 0 Å². The van der Waals surface area contributed by atoms with Crippen molar-refractivity contribution in [1.82, 2.24) is 25.3 Å². The number of carbonyl (C=O) groups excluding carboxylic acids is 1. The first-order chi connectivity index (χ1) is 11.7. The topological polar surface area (TPSA) is 84.2 Å². The number of likely N-dealkylation sites (tertiary alicyclic amines) is 1. The van der Waals surface area contributed by atoms with E-state index in [0.29, 0.717) is 36.5 Å². The number of amides is 1. The SMILES string of the molecule is CC(=O)NCC[C@@H]1CCCCN1Cc1nc(-c2ccccn2)no1. The highest BCUT2D eigenvalue weighted by atomic mass is 16.5. The molecule has 1 amide bonds. The molecule has 1 aliphatic rings. The molecular weight excluding hydrogens is 306 g/mol. The van der Waals surface area contributed by atoms with E-state index in [1.165, 1.54) is 12.8 Å². The van der Waals surface area contributed by atoms with Gasteiger partial charge in [-0.25, -0.2) is 0 Å². The normalized spacial score (nSPS) is 18.5. The first-order valence-electron chi connectivity index (χ1n) is 8.45. The number of nitrogens with zero attached hydrogens (tertiary/aromatic N) is 4. The average molecular weight is 329 g/mol. The minimum atomic E-state index is 0.0225. The lowest BCUT2D eigenvalue weighted by Gasteiger charge is -2.34. The van der Waals surface area contributed by atoms with Crippen molar-refractivity contribution in [3.8, 4) is 11.5 Å². The largest absolute Gasteiger partial charge is 0.356 e. The Morgan fingerprint density at radius 1 is 1.42 bits per heavy atom. The number of piperidine rings is 1. The molecule has 1 aliphatic heterocycles. The lowest BCUT2D eigenvalue weighted by atomic mass is 9.99. The summed E-state index contributed by atoms with van der Waals surface area (Å²) in [5.41, 5.74) is 0.716. The van der Waals surface area contributed by atoms with Gasteiger partial charge in [-0.15, -0.1) is 0 Å². The molecule has 0 unspecified atom stereocenters. The minimum Gasteiger partial charge on any atom is -0.356 e. The van der Waals surface area contributed by atoms with Crippen LogP contribution in [0.15, 0.2) is 28.9 Å². The van der Waals surface area contributed by atoms with Crippen LogP contribution in [-0.2, 0) is 11.3 Å². The summed E-state index contributed by atoms with van der Waals surface area (Å²) in [6, 6.07) is 6.07. The smallest absolute Gasteiger partial charge is 0.241 e. The van der Waals surface area contributed by atoms with Gasteiger partial charge in [0.05, 0.1) is 6.54 Å². The molecule has 0 aliphatic carbocycles. The molecule has 3 heterocycles. The van der Waals surface area contributed by atoms with Crippen LogP contribution >= 0.6 is 0 Å². The van der Waals surface area contributed by atoms with E-state index in [2.05, 4.69) is 25.3 Å². The van der Waals surface area contributed by atoms with Crippen LogP contribution in [-0.4, -0.2) is 45.1 Å². The predicted octanol–water partition coefficient (Wildman–Crippen LogP) is 2.01. The Bertz CT molecular complexity index is 658. The summed E-state index contributed by atoms with van der Waals surface area (Å²) >= 11 is 0. The molecule has 0 spiro atoms. The van der Waals surface area contributed by atoms with Crippen LogP contribution in [0.2, 0.25) is 0 Å². The number of carbonyl (C=O) groups is 1. The molecule has 0 aromatic carbocycles. The maximum atomic E-state index is 11.0. The summed E-state index contributed by atoms with van der Waals surface area (Å²) in [5.74, 6) is 1.16. The molecule has 1 atom stereocenters. The Hall–Kier alpha value is -2.28. The van der Waals surface area contributed by atoms with Gasteiger partial charge in [-0.2, -0.15) is 4.98 Å². The standard InChI is InChI=1S/C17H23N5O2/c1-13(23)18-10-8-14-6-3-5-11-22(14)12-16-20-17(21-24-16)15-7-2-4-9-19-15/h2,4,7,9,14H,3,5-6,8,10-12H2,1H3,(H,18,23)/t14-/m0/s1. The van der Waals surface area contributed by atoms with Gasteiger partial charge < -0.3 is 9.84 Å². The molecule has 3 rings (SSSR count). The highest BCUT2D eigenvalue weighted by molar-refractivity contribution is 5.72. The highest BCUT2D eigenvalue weighted by Gasteiger charge is 2.24. The molecule has 7 nitrogen and oxygen atoms in total. The Morgan fingerprint density at radius 2 is 2.33 bits per heavy atom. The molecule has 1 saturated heterocycles. The van der Waals surface area contributed by atoms with Crippen molar-refractivity contribution >= 4 is 5.91 Å². The Labute approximate surface area is 141 Å². The fourth-order valence-electron chi connectivity index (χ4n) is 3.10. The Morgan fingerprint density at radius 3 is 3.12 bits per heavy atom. The first kappa shape index (κ1) is 16.6. The van der Waals surface area contributed by atoms with E-state index in [-0.39, 0.29) is 5.91 Å². The maximum Gasteiger partial charge on any atom is 0.241 e. The number of pyridine rings is 1. The van der Waals surface area contributed by atoms with Gasteiger partial charge in [0, 0.05) is 25.7 Å². The van der Waals surface area contributed by atoms with Crippen molar-refractivity contribution in [1.29, 1.82) is 0 Å². The zero-order valence-corrected chi connectivity index (χ0v) is 13.9. The molecule has 1 N–H and O–H groups in total. The monoisotopic (exact) mass is 329 g/mol. The molecule has 0 bridgehead atoms. The Kier molecular flexibility index (Phi) is 5.53. The zero-order valence-electron chi connectivity index (χ0n) is 13.9. The third-order valence-electron chi connectivity index (χ3n) is 4.30. The maximum absolute atomic E-state index is 11.0. The molecule has 24 heavy (non-hydrogen) atoms. The van der Waals surface area contributed by atoms with Gasteiger partial charge in [-0.05, 0) is 37.9 Å². The van der Waals surface area contributed by atoms with Gasteiger partial charge in [0.2, 0.25) is 17.6 Å². The van der Waals surface area contributed by atoms with Gasteiger partial charge in [-0.1, -0.05) is 17.6 Å². The minimum absolute atomic E-state index is 0.0225. The van der Waals surface area contributed by atoms with Crippen molar-refractivity contribution < 1.29 is 9.32 Å². The summed E-state index contributed by atoms with van der Waals surface area (Å²) in [6.45, 7) is 3.92. The van der Waals surface area contributed by atoms with E-state index in [4.69, 9.17) is 4.52 Å². The lowest BCUT2D eigenvalue weighted by molar-refractivity contribution is -0.119. The zero-order chi connectivity index (χ0) is 16.8. The van der Waals surface area contributed by atoms with Gasteiger partial charge >= 0.3 is 0 Å². The third kappa shape index (κ3) is 4.38. The van der Waals surface area contributed by atoms with Gasteiger partial charge in [-0.3, -0.25) is 14.7 Å². The summed E-state index contributed by atoms with van der Waals surface area (Å²) in [6.07, 6.45) is 6.21. The van der Waals surface area contributed by atoms with E-state index >= 15 is 0 Å². The van der Waals surface area contributed by atoms with E-state index in [1.54, 1.807) is 13.1 Å². The predicted molar refractivity (Wildman–Crippen MR) is 88.9 cm³/mol. The second kappa shape index (κ2) is 8.01. The third-order valence-corrected chi connectivity index (χ3v) is 4.30. The van der Waals surface area contributed by atoms with Crippen molar-refractivity contribution in [2.45, 2.75) is 45.2 Å². The highest BCUT2D eigenvalue weighted by Crippen LogP contribution is 2.22. The van der Waals surface area contributed by atoms with Crippen LogP contribution in [0.25, 0.3) is 11.5 Å². The number of hydrogen-bond donors (Lipinski definition) is 1. The molecular formula is C17H23N5O2. The van der Waals surface area contributed by atoms with Gasteiger partial charge in [0.25, 0.3) is 0 Å². The van der Waals surface area contributed by atoms with E-state index in [1.807, 2.05) is 18.2 Å². The first-order valence-corrected chi connectivity index (χ1v) is 8.45. The van der Waals surface area contributed by atoms with E-state index in [9.17, 15) is 4.79 Å². The summed E-state index contributed by atoms with van der Waals surface area (Å²) in [5, 5.41) is 6.91. The molecule has 0 saturated carbocycles. The second-order valence-corrected chi connectivity index (χ2v) is 6.12. The van der Waals surface area contributed by atoms with Gasteiger partial charge in [0.1, 0.15) is 5.69 Å². The van der Waals surface area contributed by atoms with Crippen LogP contribution in [0.4, 0.5) is 0 Å². The van der Waals surface area contributed by atoms with Crippen LogP contribution < -0.4 is 5.32 Å². The van der Waals surface area contributed by atoms with Crippen LogP contribution in [0.5, 0.6) is 0 Å². The number of nitrogens with one attached hydrogen (secondary N) is 1. The molecule has 2 aromatic rings. The molecule has 1 fully saturated rings. The fraction of sp³-hybridized carbons (Fsp3) is 0.529. The quantitative estimate of drug-likeness (QED) is 0.873. The fourth-order valence-corrected chi connectivity index (χ4v) is 3.10. The lowest BCUT2D eigenvalue weighted by Crippen LogP contribution is -2.41. The van der Waals surface area contributed by atoms with Crippen molar-refractivity contribution in [3.63, 3.8) is 0 Å². The van der Waals surface area contributed by atoms with E-state index in [0.717, 1.165) is 19.4 Å². The molecule has 2 aromatic heterocycles. The van der Waals surface area contributed by atoms with Crippen molar-refractivity contribution in [3.05, 3.63) is 30.3 Å². The van der Waals surface area contributed by atoms with Crippen molar-refractivity contribution in [2.24, 2.45) is 0 Å². The average Bonchev–Trinajstić information content (AvgIpc) is 3.05. The summed E-state index contributed by atoms with van der Waals surface area (Å²) < 4.78 is 5.40. The summed E-state index contributed by atoms with van der Waals surface area (Å²) in [7, 11) is 0. The number of aromatic nitrogens is 3. The number of hydrogen-bond acceptors (Lipinski definition) is 6. The molecule has 128 valence electrons. The molecule has 7 heteroatoms. The van der Waals surface area contributed by atoms with Crippen LogP contribution in [0.1, 0.15) is 38.5 Å². The number of rotatable bonds is 6.